The molecule has 4 fully saturated rings. The Kier molecular flexibility index (Phi) is 13.7. The Morgan fingerprint density at radius 2 is 1.02 bits per heavy atom. The summed E-state index contributed by atoms with van der Waals surface area (Å²) in [5, 5.41) is 5.34. The first kappa shape index (κ1) is 40.3. The third kappa shape index (κ3) is 8.42. The lowest BCUT2D eigenvalue weighted by atomic mass is 9.69. The Bertz CT molecular complexity index is 1360. The van der Waals surface area contributed by atoms with Crippen molar-refractivity contribution in [3.8, 4) is 0 Å². The number of hydrogen-bond acceptors (Lipinski definition) is 10. The summed E-state index contributed by atoms with van der Waals surface area (Å²) in [6.45, 7) is 0. The molecule has 2 N–H and O–H groups in total. The molecule has 0 radical (unpaired) electrons. The van der Waals surface area contributed by atoms with Gasteiger partial charge in [0, 0.05) is 25.9 Å². The molecule has 6 aliphatic rings. The first-order valence-electron chi connectivity index (χ1n) is 17.9. The lowest BCUT2D eigenvalue weighted by Gasteiger charge is -2.42. The standard InChI is InChI=1S/2C18H24N2O4S.CH4/c2*1-20-16(23)18(12-7-5-6-8-12,15(22)19-17(20)25)11-14(21)24-13-9-3-2-4-10-13;/h2*5,7,12-13H,2-4,6,8-11H2,1H3,(H,19,22,25);1H4. The number of esters is 2. The lowest BCUT2D eigenvalue weighted by Crippen LogP contribution is -2.65. The van der Waals surface area contributed by atoms with Crippen molar-refractivity contribution in [2.45, 2.75) is 122 Å². The zero-order valence-corrected chi connectivity index (χ0v) is 30.5. The molecule has 14 heteroatoms. The fourth-order valence-corrected chi connectivity index (χ4v) is 8.50. The molecule has 4 atom stereocenters. The van der Waals surface area contributed by atoms with E-state index in [-0.39, 0.29) is 54.5 Å². The molecule has 0 aromatic rings. The van der Waals surface area contributed by atoms with Crippen LogP contribution in [0.25, 0.3) is 0 Å². The van der Waals surface area contributed by atoms with Crippen LogP contribution in [0.2, 0.25) is 0 Å². The highest BCUT2D eigenvalue weighted by Gasteiger charge is 2.59. The maximum Gasteiger partial charge on any atom is 0.307 e. The SMILES string of the molecule is C.CN1C(=O)C(CC(=O)OC2CCCCC2)(C2C=CCC2)C(=O)NC1=S.CN1C(=O)C(CC(=O)OC2CCCCC2)(C2C=CCC2)C(=O)NC1=S. The number of amides is 4. The van der Waals surface area contributed by atoms with Crippen molar-refractivity contribution in [3.63, 3.8) is 0 Å². The van der Waals surface area contributed by atoms with Crippen molar-refractivity contribution in [2.75, 3.05) is 14.1 Å². The number of carbonyl (C=O) groups excluding carboxylic acids is 6. The van der Waals surface area contributed by atoms with Gasteiger partial charge in [0.05, 0.1) is 12.8 Å². The quantitative estimate of drug-likeness (QED) is 0.154. The van der Waals surface area contributed by atoms with Crippen LogP contribution in [-0.4, -0.2) is 81.9 Å². The van der Waals surface area contributed by atoms with Crippen LogP contribution in [0.1, 0.15) is 110 Å². The molecule has 0 spiro atoms. The van der Waals surface area contributed by atoms with E-state index < -0.39 is 46.4 Å². The largest absolute Gasteiger partial charge is 0.462 e. The average molecular weight is 745 g/mol. The second-order valence-electron chi connectivity index (χ2n) is 14.3. The van der Waals surface area contributed by atoms with E-state index in [2.05, 4.69) is 10.6 Å². The van der Waals surface area contributed by atoms with Gasteiger partial charge < -0.3 is 20.1 Å². The Morgan fingerprint density at radius 3 is 1.33 bits per heavy atom. The highest BCUT2D eigenvalue weighted by atomic mass is 32.1. The van der Waals surface area contributed by atoms with E-state index in [0.717, 1.165) is 77.0 Å². The molecule has 2 saturated heterocycles. The molecule has 4 amide bonds. The van der Waals surface area contributed by atoms with E-state index in [1.165, 1.54) is 23.9 Å². The summed E-state index contributed by atoms with van der Waals surface area (Å²) >= 11 is 10.1. The number of hydrogen-bond donors (Lipinski definition) is 2. The number of ether oxygens (including phenoxy) is 2. The second kappa shape index (κ2) is 17.3. The summed E-state index contributed by atoms with van der Waals surface area (Å²) in [5.41, 5.74) is -2.92. The Hall–Kier alpha value is -3.52. The van der Waals surface area contributed by atoms with E-state index in [1.807, 2.05) is 24.3 Å². The number of thiocarbonyl (C=S) groups is 2. The molecule has 6 rings (SSSR count). The minimum absolute atomic E-state index is 0. The highest BCUT2D eigenvalue weighted by molar-refractivity contribution is 7.80. The van der Waals surface area contributed by atoms with Crippen LogP contribution in [0.5, 0.6) is 0 Å². The summed E-state index contributed by atoms with van der Waals surface area (Å²) in [6.07, 6.45) is 19.8. The van der Waals surface area contributed by atoms with E-state index in [0.29, 0.717) is 12.8 Å². The molecular weight excluding hydrogens is 693 g/mol. The van der Waals surface area contributed by atoms with Crippen molar-refractivity contribution < 1.29 is 38.2 Å². The number of nitrogens with one attached hydrogen (secondary N) is 2. The fraction of sp³-hybridized carbons (Fsp3) is 0.676. The summed E-state index contributed by atoms with van der Waals surface area (Å²) in [7, 11) is 3.06. The molecule has 51 heavy (non-hydrogen) atoms. The van der Waals surface area contributed by atoms with Gasteiger partial charge >= 0.3 is 11.9 Å². The summed E-state index contributed by atoms with van der Waals surface area (Å²) < 4.78 is 11.2. The normalized spacial score (nSPS) is 29.9. The van der Waals surface area contributed by atoms with Crippen LogP contribution < -0.4 is 10.6 Å². The predicted octanol–water partition coefficient (Wildman–Crippen LogP) is 4.79. The Labute approximate surface area is 311 Å². The Morgan fingerprint density at radius 1 is 0.667 bits per heavy atom. The van der Waals surface area contributed by atoms with Crippen LogP contribution in [0.15, 0.2) is 24.3 Å². The van der Waals surface area contributed by atoms with Crippen molar-refractivity contribution in [1.82, 2.24) is 20.4 Å². The third-order valence-corrected chi connectivity index (χ3v) is 11.8. The molecule has 0 aromatic carbocycles. The number of nitrogens with zero attached hydrogens (tertiary/aromatic N) is 2. The zero-order valence-electron chi connectivity index (χ0n) is 28.9. The summed E-state index contributed by atoms with van der Waals surface area (Å²) in [6, 6.07) is 0. The van der Waals surface area contributed by atoms with Gasteiger partial charge in [-0.1, -0.05) is 44.6 Å². The third-order valence-electron chi connectivity index (χ3n) is 11.1. The van der Waals surface area contributed by atoms with Gasteiger partial charge in [0.25, 0.3) is 0 Å². The molecule has 2 aliphatic heterocycles. The lowest BCUT2D eigenvalue weighted by molar-refractivity contribution is -0.165. The zero-order chi connectivity index (χ0) is 36.1. The van der Waals surface area contributed by atoms with Crippen molar-refractivity contribution in [1.29, 1.82) is 0 Å². The van der Waals surface area contributed by atoms with Gasteiger partial charge in [0.15, 0.2) is 10.2 Å². The molecule has 0 aromatic heterocycles. The van der Waals surface area contributed by atoms with E-state index in [4.69, 9.17) is 33.9 Å². The summed E-state index contributed by atoms with van der Waals surface area (Å²) in [4.78, 5) is 79.4. The van der Waals surface area contributed by atoms with Gasteiger partial charge in [0.1, 0.15) is 23.0 Å². The van der Waals surface area contributed by atoms with E-state index in [1.54, 1.807) is 0 Å². The number of allylic oxidation sites excluding steroid dienone is 4. The molecule has 4 aliphatic carbocycles. The molecule has 2 saturated carbocycles. The van der Waals surface area contributed by atoms with Gasteiger partial charge in [-0.05, 0) is 101 Å². The fourth-order valence-electron chi connectivity index (χ4n) is 8.15. The van der Waals surface area contributed by atoms with Gasteiger partial charge in [-0.3, -0.25) is 38.6 Å². The van der Waals surface area contributed by atoms with Crippen LogP contribution in [0, 0.1) is 22.7 Å². The first-order chi connectivity index (χ1) is 23.9. The molecule has 12 nitrogen and oxygen atoms in total. The average Bonchev–Trinajstić information content (AvgIpc) is 3.84. The van der Waals surface area contributed by atoms with E-state index in [9.17, 15) is 28.8 Å². The minimum Gasteiger partial charge on any atom is -0.462 e. The van der Waals surface area contributed by atoms with E-state index >= 15 is 0 Å². The van der Waals surface area contributed by atoms with Crippen LogP contribution in [0.3, 0.4) is 0 Å². The molecule has 4 unspecified atom stereocenters. The number of carbonyl (C=O) groups is 6. The first-order valence-corrected chi connectivity index (χ1v) is 18.7. The summed E-state index contributed by atoms with van der Waals surface area (Å²) in [5.74, 6) is -3.39. The second-order valence-corrected chi connectivity index (χ2v) is 15.0. The van der Waals surface area contributed by atoms with Gasteiger partial charge in [-0.15, -0.1) is 0 Å². The maximum absolute atomic E-state index is 13.0. The molecule has 280 valence electrons. The van der Waals surface area contributed by atoms with Gasteiger partial charge in [0.2, 0.25) is 23.6 Å². The highest BCUT2D eigenvalue weighted by Crippen LogP contribution is 2.44. The van der Waals surface area contributed by atoms with Crippen LogP contribution in [0.4, 0.5) is 0 Å². The van der Waals surface area contributed by atoms with Crippen LogP contribution in [-0.2, 0) is 38.2 Å². The van der Waals surface area contributed by atoms with Gasteiger partial charge in [-0.2, -0.15) is 0 Å². The monoisotopic (exact) mass is 744 g/mol. The van der Waals surface area contributed by atoms with Gasteiger partial charge in [-0.25, -0.2) is 0 Å². The Balaban J connectivity index is 0.000000224. The van der Waals surface area contributed by atoms with Crippen molar-refractivity contribution in [3.05, 3.63) is 24.3 Å². The molecule has 0 bridgehead atoms. The predicted molar refractivity (Wildman–Crippen MR) is 198 cm³/mol. The topological polar surface area (TPSA) is 151 Å². The number of rotatable bonds is 8. The van der Waals surface area contributed by atoms with Crippen molar-refractivity contribution >= 4 is 70.2 Å². The van der Waals surface area contributed by atoms with Crippen molar-refractivity contribution in [2.24, 2.45) is 22.7 Å². The maximum atomic E-state index is 13.0. The molecule has 2 heterocycles. The molecular formula is C37H52N4O8S2. The van der Waals surface area contributed by atoms with Crippen LogP contribution >= 0.6 is 24.4 Å². The smallest absolute Gasteiger partial charge is 0.307 e. The minimum atomic E-state index is -1.46.